The molecule has 0 unspecified atom stereocenters. The molecular formula is C17H21NO4S. The van der Waals surface area contributed by atoms with Crippen molar-refractivity contribution < 1.29 is 17.9 Å². The van der Waals surface area contributed by atoms with Crippen LogP contribution >= 0.6 is 0 Å². The number of sulfonamides is 1. The molecule has 6 heteroatoms. The van der Waals surface area contributed by atoms with Crippen molar-refractivity contribution in [3.63, 3.8) is 0 Å². The third-order valence-electron chi connectivity index (χ3n) is 3.67. The second kappa shape index (κ2) is 6.60. The molecular weight excluding hydrogens is 314 g/mol. The highest BCUT2D eigenvalue weighted by molar-refractivity contribution is 7.89. The molecule has 0 bridgehead atoms. The molecule has 124 valence electrons. The molecule has 2 rings (SSSR count). The minimum Gasteiger partial charge on any atom is -0.493 e. The summed E-state index contributed by atoms with van der Waals surface area (Å²) < 4.78 is 35.1. The Morgan fingerprint density at radius 1 is 1.04 bits per heavy atom. The summed E-state index contributed by atoms with van der Waals surface area (Å²) in [5.41, 5.74) is 2.42. The van der Waals surface area contributed by atoms with Crippen molar-refractivity contribution in [2.45, 2.75) is 32.1 Å². The molecule has 0 radical (unpaired) electrons. The maximum absolute atomic E-state index is 11.8. The van der Waals surface area contributed by atoms with Crippen molar-refractivity contribution in [3.8, 4) is 17.2 Å². The Morgan fingerprint density at radius 2 is 1.65 bits per heavy atom. The first-order valence-corrected chi connectivity index (χ1v) is 8.81. The van der Waals surface area contributed by atoms with Gasteiger partial charge in [-0.1, -0.05) is 25.1 Å². The van der Waals surface area contributed by atoms with E-state index in [0.717, 1.165) is 11.1 Å². The normalized spacial score (nSPS) is 11.3. The number of para-hydroxylation sites is 1. The van der Waals surface area contributed by atoms with Gasteiger partial charge < -0.3 is 9.47 Å². The second-order valence-electron chi connectivity index (χ2n) is 5.30. The molecule has 0 saturated heterocycles. The molecule has 0 amide bonds. The number of methoxy groups -OCH3 is 1. The van der Waals surface area contributed by atoms with Gasteiger partial charge in [0, 0.05) is 5.56 Å². The lowest BCUT2D eigenvalue weighted by Crippen LogP contribution is -2.15. The van der Waals surface area contributed by atoms with Crippen LogP contribution in [0, 0.1) is 13.8 Å². The molecule has 0 aliphatic heterocycles. The van der Waals surface area contributed by atoms with E-state index in [9.17, 15) is 8.42 Å². The first-order chi connectivity index (χ1) is 10.8. The van der Waals surface area contributed by atoms with Gasteiger partial charge in [-0.05, 0) is 43.5 Å². The molecule has 2 N–H and O–H groups in total. The zero-order valence-corrected chi connectivity index (χ0v) is 14.5. The van der Waals surface area contributed by atoms with Gasteiger partial charge in [-0.25, -0.2) is 13.6 Å². The first-order valence-electron chi connectivity index (χ1n) is 7.26. The predicted molar refractivity (Wildman–Crippen MR) is 89.7 cm³/mol. The quantitative estimate of drug-likeness (QED) is 0.909. The van der Waals surface area contributed by atoms with E-state index in [1.165, 1.54) is 13.2 Å². The molecule has 0 aliphatic rings. The molecule has 0 fully saturated rings. The lowest BCUT2D eigenvalue weighted by molar-refractivity contribution is 0.373. The van der Waals surface area contributed by atoms with Crippen LogP contribution in [0.5, 0.6) is 17.2 Å². The number of hydrogen-bond acceptors (Lipinski definition) is 4. The highest BCUT2D eigenvalue weighted by Crippen LogP contribution is 2.40. The van der Waals surface area contributed by atoms with Crippen LogP contribution in [0.1, 0.15) is 23.6 Å². The number of hydrogen-bond donors (Lipinski definition) is 1. The largest absolute Gasteiger partial charge is 0.493 e. The average molecular weight is 335 g/mol. The summed E-state index contributed by atoms with van der Waals surface area (Å²) in [6.07, 6.45) is 0.448. The summed E-state index contributed by atoms with van der Waals surface area (Å²) in [7, 11) is -2.32. The third kappa shape index (κ3) is 3.48. The third-order valence-corrected chi connectivity index (χ3v) is 4.67. The standard InChI is InChI=1S/C17H21NO4S/c1-5-13-15(23(18,19)20)10-9-14(21-4)17(13)22-16-11(2)7-6-8-12(16)3/h6-10H,5H2,1-4H3,(H2,18,19,20). The Hall–Kier alpha value is -2.05. The first kappa shape index (κ1) is 17.3. The molecule has 23 heavy (non-hydrogen) atoms. The Balaban J connectivity index is 2.69. The smallest absolute Gasteiger partial charge is 0.238 e. The molecule has 2 aromatic rings. The summed E-state index contributed by atoms with van der Waals surface area (Å²) in [6.45, 7) is 5.72. The topological polar surface area (TPSA) is 78.6 Å². The maximum Gasteiger partial charge on any atom is 0.238 e. The van der Waals surface area contributed by atoms with Crippen LogP contribution in [0.4, 0.5) is 0 Å². The summed E-state index contributed by atoms with van der Waals surface area (Å²) >= 11 is 0. The highest BCUT2D eigenvalue weighted by atomic mass is 32.2. The monoisotopic (exact) mass is 335 g/mol. The number of ether oxygens (including phenoxy) is 2. The van der Waals surface area contributed by atoms with E-state index < -0.39 is 10.0 Å². The van der Waals surface area contributed by atoms with E-state index in [0.29, 0.717) is 29.2 Å². The van der Waals surface area contributed by atoms with Gasteiger partial charge >= 0.3 is 0 Å². The molecule has 5 nitrogen and oxygen atoms in total. The van der Waals surface area contributed by atoms with Crippen molar-refractivity contribution in [1.82, 2.24) is 0 Å². The second-order valence-corrected chi connectivity index (χ2v) is 6.83. The Bertz CT molecular complexity index is 808. The van der Waals surface area contributed by atoms with Crippen LogP contribution in [0.25, 0.3) is 0 Å². The highest BCUT2D eigenvalue weighted by Gasteiger charge is 2.22. The van der Waals surface area contributed by atoms with Crippen LogP contribution < -0.4 is 14.6 Å². The van der Waals surface area contributed by atoms with Gasteiger partial charge in [0.25, 0.3) is 0 Å². The van der Waals surface area contributed by atoms with Crippen LogP contribution in [0.15, 0.2) is 35.2 Å². The number of aryl methyl sites for hydroxylation is 2. The molecule has 0 heterocycles. The number of nitrogens with two attached hydrogens (primary N) is 1. The zero-order chi connectivity index (χ0) is 17.2. The molecule has 0 saturated carbocycles. The molecule has 0 aliphatic carbocycles. The Kier molecular flexibility index (Phi) is 4.97. The molecule has 0 atom stereocenters. The summed E-state index contributed by atoms with van der Waals surface area (Å²) in [5, 5.41) is 5.32. The van der Waals surface area contributed by atoms with Crippen molar-refractivity contribution in [2.75, 3.05) is 7.11 Å². The van der Waals surface area contributed by atoms with E-state index in [4.69, 9.17) is 14.6 Å². The lowest BCUT2D eigenvalue weighted by Gasteiger charge is -2.19. The van der Waals surface area contributed by atoms with E-state index in [-0.39, 0.29) is 4.90 Å². The number of primary sulfonamides is 1. The van der Waals surface area contributed by atoms with Crippen LogP contribution in [0.2, 0.25) is 0 Å². The van der Waals surface area contributed by atoms with E-state index >= 15 is 0 Å². The summed E-state index contributed by atoms with van der Waals surface area (Å²) in [4.78, 5) is 0.0574. The maximum atomic E-state index is 11.8. The van der Waals surface area contributed by atoms with Gasteiger partial charge in [0.05, 0.1) is 12.0 Å². The van der Waals surface area contributed by atoms with Gasteiger partial charge in [-0.15, -0.1) is 0 Å². The number of benzene rings is 2. The van der Waals surface area contributed by atoms with Crippen molar-refractivity contribution in [2.24, 2.45) is 5.14 Å². The average Bonchev–Trinajstić information content (AvgIpc) is 2.49. The van der Waals surface area contributed by atoms with E-state index in [1.807, 2.05) is 39.0 Å². The van der Waals surface area contributed by atoms with Crippen molar-refractivity contribution in [3.05, 3.63) is 47.0 Å². The van der Waals surface area contributed by atoms with E-state index in [1.54, 1.807) is 6.07 Å². The van der Waals surface area contributed by atoms with Crippen molar-refractivity contribution in [1.29, 1.82) is 0 Å². The SMILES string of the molecule is CCc1c(S(N)(=O)=O)ccc(OC)c1Oc1c(C)cccc1C. The fourth-order valence-electron chi connectivity index (χ4n) is 2.52. The van der Waals surface area contributed by atoms with Gasteiger partial charge in [0.1, 0.15) is 5.75 Å². The molecule has 2 aromatic carbocycles. The van der Waals surface area contributed by atoms with Crippen LogP contribution in [0.3, 0.4) is 0 Å². The van der Waals surface area contributed by atoms with Gasteiger partial charge in [-0.2, -0.15) is 0 Å². The van der Waals surface area contributed by atoms with Gasteiger partial charge in [-0.3, -0.25) is 0 Å². The Morgan fingerprint density at radius 3 is 2.13 bits per heavy atom. The minimum atomic E-state index is -3.84. The Labute approximate surface area is 137 Å². The fourth-order valence-corrected chi connectivity index (χ4v) is 3.36. The van der Waals surface area contributed by atoms with Crippen LogP contribution in [-0.4, -0.2) is 15.5 Å². The van der Waals surface area contributed by atoms with Crippen LogP contribution in [-0.2, 0) is 16.4 Å². The van der Waals surface area contributed by atoms with Crippen molar-refractivity contribution >= 4 is 10.0 Å². The fraction of sp³-hybridized carbons (Fsp3) is 0.294. The van der Waals surface area contributed by atoms with Gasteiger partial charge in [0.15, 0.2) is 11.5 Å². The number of rotatable bonds is 5. The molecule has 0 aromatic heterocycles. The lowest BCUT2D eigenvalue weighted by atomic mass is 10.1. The predicted octanol–water partition coefficient (Wildman–Crippen LogP) is 3.31. The summed E-state index contributed by atoms with van der Waals surface area (Å²) in [5.74, 6) is 1.54. The minimum absolute atomic E-state index is 0.0574. The zero-order valence-electron chi connectivity index (χ0n) is 13.7. The van der Waals surface area contributed by atoms with Gasteiger partial charge in [0.2, 0.25) is 10.0 Å². The molecule has 0 spiro atoms. The summed E-state index contributed by atoms with van der Waals surface area (Å²) in [6, 6.07) is 8.82. The van der Waals surface area contributed by atoms with E-state index in [2.05, 4.69) is 0 Å².